The zero-order valence-corrected chi connectivity index (χ0v) is 16.9. The van der Waals surface area contributed by atoms with E-state index in [1.807, 2.05) is 36.1 Å². The Balaban J connectivity index is 1.58. The number of aryl methyl sites for hydroxylation is 1. The molecule has 3 heterocycles. The maximum atomic E-state index is 13.0. The predicted molar refractivity (Wildman–Crippen MR) is 108 cm³/mol. The molecule has 2 atom stereocenters. The number of benzene rings is 1. The van der Waals surface area contributed by atoms with Crippen LogP contribution in [0.2, 0.25) is 0 Å². The van der Waals surface area contributed by atoms with Crippen LogP contribution in [0.3, 0.4) is 0 Å². The molecule has 29 heavy (non-hydrogen) atoms. The third-order valence-electron chi connectivity index (χ3n) is 5.33. The van der Waals surface area contributed by atoms with Gasteiger partial charge in [-0.1, -0.05) is 6.07 Å². The minimum atomic E-state index is -0.187. The van der Waals surface area contributed by atoms with Crippen LogP contribution >= 0.6 is 0 Å². The lowest BCUT2D eigenvalue weighted by Gasteiger charge is -2.36. The van der Waals surface area contributed by atoms with Gasteiger partial charge in [0.1, 0.15) is 17.5 Å². The van der Waals surface area contributed by atoms with Crippen LogP contribution < -0.4 is 20.3 Å². The monoisotopic (exact) mass is 397 g/mol. The number of ether oxygens (including phenoxy) is 2. The first-order valence-corrected chi connectivity index (χ1v) is 10.1. The molecular weight excluding hydrogens is 370 g/mol. The lowest BCUT2D eigenvalue weighted by atomic mass is 9.99. The van der Waals surface area contributed by atoms with Crippen molar-refractivity contribution in [2.45, 2.75) is 44.7 Å². The molecular formula is C21H27N5O3. The summed E-state index contributed by atoms with van der Waals surface area (Å²) in [5.41, 5.74) is 6.93. The van der Waals surface area contributed by atoms with Gasteiger partial charge in [-0.15, -0.1) is 0 Å². The van der Waals surface area contributed by atoms with Crippen LogP contribution in [0.4, 0.5) is 0 Å². The molecule has 8 heteroatoms. The number of carbonyl (C=O) groups excluding carboxylic acids is 1. The molecule has 0 saturated carbocycles. The molecule has 1 aromatic carbocycles. The van der Waals surface area contributed by atoms with E-state index >= 15 is 0 Å². The number of piperidine rings is 1. The number of methoxy groups -OCH3 is 1. The van der Waals surface area contributed by atoms with Crippen molar-refractivity contribution in [1.82, 2.24) is 25.7 Å². The summed E-state index contributed by atoms with van der Waals surface area (Å²) in [6.45, 7) is 3.44. The number of hydrazine groups is 1. The molecule has 0 aliphatic carbocycles. The Morgan fingerprint density at radius 1 is 1.17 bits per heavy atom. The standard InChI is InChI=1S/C21H27N5O3/c1-14-12-19(29-16-7-5-6-15(13-16)28-2)24-20(23-14)18-8-3-4-11-26(18)21(27)17-9-10-22-25-17/h5-7,12-13,17-18,22,25H,3-4,8-11H2,1-2H3. The van der Waals surface area contributed by atoms with Gasteiger partial charge in [-0.05, 0) is 44.7 Å². The first-order valence-electron chi connectivity index (χ1n) is 10.1. The van der Waals surface area contributed by atoms with E-state index in [1.165, 1.54) is 0 Å². The van der Waals surface area contributed by atoms with E-state index in [4.69, 9.17) is 9.47 Å². The molecule has 1 amide bonds. The molecule has 2 aliphatic rings. The summed E-state index contributed by atoms with van der Waals surface area (Å²) in [6.07, 6.45) is 3.70. The van der Waals surface area contributed by atoms with E-state index in [1.54, 1.807) is 13.2 Å². The van der Waals surface area contributed by atoms with Crippen molar-refractivity contribution in [3.63, 3.8) is 0 Å². The molecule has 2 fully saturated rings. The van der Waals surface area contributed by atoms with Crippen molar-refractivity contribution in [3.05, 3.63) is 41.9 Å². The Bertz CT molecular complexity index is 869. The van der Waals surface area contributed by atoms with Crippen LogP contribution in [0.25, 0.3) is 0 Å². The molecule has 8 nitrogen and oxygen atoms in total. The number of amides is 1. The minimum Gasteiger partial charge on any atom is -0.497 e. The van der Waals surface area contributed by atoms with Crippen molar-refractivity contribution in [2.75, 3.05) is 20.2 Å². The highest BCUT2D eigenvalue weighted by Crippen LogP contribution is 2.32. The van der Waals surface area contributed by atoms with Gasteiger partial charge in [0.2, 0.25) is 11.8 Å². The van der Waals surface area contributed by atoms with E-state index in [-0.39, 0.29) is 18.0 Å². The molecule has 1 aromatic heterocycles. The molecule has 2 aliphatic heterocycles. The number of hydrogen-bond donors (Lipinski definition) is 2. The summed E-state index contributed by atoms with van der Waals surface area (Å²) in [5.74, 6) is 2.59. The third-order valence-corrected chi connectivity index (χ3v) is 5.33. The maximum Gasteiger partial charge on any atom is 0.241 e. The third kappa shape index (κ3) is 4.49. The van der Waals surface area contributed by atoms with Gasteiger partial charge in [0, 0.05) is 30.9 Å². The average Bonchev–Trinajstić information content (AvgIpc) is 3.28. The van der Waals surface area contributed by atoms with Crippen molar-refractivity contribution in [1.29, 1.82) is 0 Å². The van der Waals surface area contributed by atoms with E-state index in [2.05, 4.69) is 20.8 Å². The second kappa shape index (κ2) is 8.75. The molecule has 2 N–H and O–H groups in total. The van der Waals surface area contributed by atoms with Crippen molar-refractivity contribution >= 4 is 5.91 Å². The fourth-order valence-corrected chi connectivity index (χ4v) is 3.88. The summed E-state index contributed by atoms with van der Waals surface area (Å²) in [6, 6.07) is 8.88. The predicted octanol–water partition coefficient (Wildman–Crippen LogP) is 2.51. The lowest BCUT2D eigenvalue weighted by molar-refractivity contribution is -0.137. The van der Waals surface area contributed by atoms with Gasteiger partial charge in [-0.2, -0.15) is 4.98 Å². The molecule has 0 bridgehead atoms. The molecule has 154 valence electrons. The van der Waals surface area contributed by atoms with Gasteiger partial charge < -0.3 is 14.4 Å². The summed E-state index contributed by atoms with van der Waals surface area (Å²) in [7, 11) is 1.62. The van der Waals surface area contributed by atoms with E-state index < -0.39 is 0 Å². The van der Waals surface area contributed by atoms with Crippen LogP contribution in [-0.2, 0) is 4.79 Å². The fraction of sp³-hybridized carbons (Fsp3) is 0.476. The second-order valence-corrected chi connectivity index (χ2v) is 7.44. The number of nitrogens with one attached hydrogen (secondary N) is 2. The highest BCUT2D eigenvalue weighted by Gasteiger charge is 2.35. The Kier molecular flexibility index (Phi) is 5.92. The van der Waals surface area contributed by atoms with Gasteiger partial charge in [0.25, 0.3) is 0 Å². The molecule has 2 saturated heterocycles. The van der Waals surface area contributed by atoms with Gasteiger partial charge in [0.05, 0.1) is 13.2 Å². The van der Waals surface area contributed by atoms with Crippen LogP contribution in [0, 0.1) is 6.92 Å². The van der Waals surface area contributed by atoms with Crippen molar-refractivity contribution < 1.29 is 14.3 Å². The number of aromatic nitrogens is 2. The topological polar surface area (TPSA) is 88.6 Å². The zero-order valence-electron chi connectivity index (χ0n) is 16.9. The fourth-order valence-electron chi connectivity index (χ4n) is 3.88. The second-order valence-electron chi connectivity index (χ2n) is 7.44. The number of likely N-dealkylation sites (tertiary alicyclic amines) is 1. The highest BCUT2D eigenvalue weighted by molar-refractivity contribution is 5.82. The van der Waals surface area contributed by atoms with Crippen molar-refractivity contribution in [3.8, 4) is 17.4 Å². The van der Waals surface area contributed by atoms with Crippen molar-refractivity contribution in [2.24, 2.45) is 0 Å². The smallest absolute Gasteiger partial charge is 0.241 e. The maximum absolute atomic E-state index is 13.0. The first kappa shape index (κ1) is 19.6. The quantitative estimate of drug-likeness (QED) is 0.801. The van der Waals surface area contributed by atoms with Gasteiger partial charge >= 0.3 is 0 Å². The summed E-state index contributed by atoms with van der Waals surface area (Å²) in [4.78, 5) is 24.3. The van der Waals surface area contributed by atoms with Crippen LogP contribution in [-0.4, -0.2) is 47.0 Å². The SMILES string of the molecule is COc1cccc(Oc2cc(C)nc(C3CCCCN3C(=O)C3CCNN3)n2)c1. The van der Waals surface area contributed by atoms with E-state index in [0.29, 0.717) is 17.5 Å². The van der Waals surface area contributed by atoms with E-state index in [9.17, 15) is 4.79 Å². The number of carbonyl (C=O) groups is 1. The molecule has 2 unspecified atom stereocenters. The molecule has 2 aromatic rings. The van der Waals surface area contributed by atoms with Gasteiger partial charge in [0.15, 0.2) is 5.82 Å². The number of hydrogen-bond acceptors (Lipinski definition) is 7. The Morgan fingerprint density at radius 2 is 2.03 bits per heavy atom. The zero-order chi connectivity index (χ0) is 20.2. The first-order chi connectivity index (χ1) is 14.1. The highest BCUT2D eigenvalue weighted by atomic mass is 16.5. The Morgan fingerprint density at radius 3 is 2.83 bits per heavy atom. The van der Waals surface area contributed by atoms with Gasteiger partial charge in [-0.25, -0.2) is 10.4 Å². The van der Waals surface area contributed by atoms with Crippen LogP contribution in [0.1, 0.15) is 43.2 Å². The summed E-state index contributed by atoms with van der Waals surface area (Å²) >= 11 is 0. The Hall–Kier alpha value is -2.71. The minimum absolute atomic E-state index is 0.111. The lowest BCUT2D eigenvalue weighted by Crippen LogP contribution is -2.48. The largest absolute Gasteiger partial charge is 0.497 e. The van der Waals surface area contributed by atoms with Crippen LogP contribution in [0.5, 0.6) is 17.4 Å². The van der Waals surface area contributed by atoms with Gasteiger partial charge in [-0.3, -0.25) is 10.2 Å². The Labute approximate surface area is 170 Å². The average molecular weight is 397 g/mol. The molecule has 4 rings (SSSR count). The molecule has 0 spiro atoms. The summed E-state index contributed by atoms with van der Waals surface area (Å²) in [5, 5.41) is 0. The number of rotatable bonds is 5. The molecule has 0 radical (unpaired) electrons. The summed E-state index contributed by atoms with van der Waals surface area (Å²) < 4.78 is 11.2. The normalized spacial score (nSPS) is 21.8. The van der Waals surface area contributed by atoms with E-state index in [0.717, 1.165) is 50.2 Å². The number of nitrogens with zero attached hydrogens (tertiary/aromatic N) is 3. The van der Waals surface area contributed by atoms with Crippen LogP contribution in [0.15, 0.2) is 30.3 Å².